The van der Waals surface area contributed by atoms with Crippen LogP contribution in [0.3, 0.4) is 0 Å². The highest BCUT2D eigenvalue weighted by Gasteiger charge is 2.11. The Morgan fingerprint density at radius 3 is 2.85 bits per heavy atom. The number of nitrogens with two attached hydrogens (primary N) is 1. The van der Waals surface area contributed by atoms with Crippen molar-refractivity contribution < 1.29 is 9.53 Å². The number of hydrogen-bond acceptors (Lipinski definition) is 4. The lowest BCUT2D eigenvalue weighted by atomic mass is 10.1. The maximum absolute atomic E-state index is 11.6. The van der Waals surface area contributed by atoms with Gasteiger partial charge in [-0.05, 0) is 56.5 Å². The smallest absolute Gasteiger partial charge is 0.306 e. The predicted molar refractivity (Wildman–Crippen MR) is 80.4 cm³/mol. The van der Waals surface area contributed by atoms with Crippen molar-refractivity contribution in [1.29, 1.82) is 0 Å². The number of carbonyl (C=O) groups excluding carboxylic acids is 1. The second-order valence-electron chi connectivity index (χ2n) is 5.37. The van der Waals surface area contributed by atoms with Gasteiger partial charge in [-0.2, -0.15) is 0 Å². The molecule has 0 aliphatic carbocycles. The number of benzene rings is 1. The summed E-state index contributed by atoms with van der Waals surface area (Å²) in [4.78, 5) is 14.1. The molecule has 1 aliphatic heterocycles. The monoisotopic (exact) mass is 276 g/mol. The first kappa shape index (κ1) is 14.9. The molecule has 4 heteroatoms. The third kappa shape index (κ3) is 5.21. The van der Waals surface area contributed by atoms with E-state index in [1.165, 1.54) is 25.9 Å². The van der Waals surface area contributed by atoms with Crippen molar-refractivity contribution in [2.45, 2.75) is 32.1 Å². The van der Waals surface area contributed by atoms with Gasteiger partial charge < -0.3 is 15.4 Å². The Balaban J connectivity index is 1.56. The number of esters is 1. The first-order valence-corrected chi connectivity index (χ1v) is 7.46. The second kappa shape index (κ2) is 7.90. The molecule has 1 heterocycles. The van der Waals surface area contributed by atoms with Crippen molar-refractivity contribution in [3.8, 4) is 0 Å². The number of rotatable bonds is 7. The molecule has 110 valence electrons. The fourth-order valence-corrected chi connectivity index (χ4v) is 2.55. The van der Waals surface area contributed by atoms with E-state index >= 15 is 0 Å². The van der Waals surface area contributed by atoms with Gasteiger partial charge in [0.2, 0.25) is 0 Å². The van der Waals surface area contributed by atoms with Crippen LogP contribution in [-0.4, -0.2) is 37.1 Å². The highest BCUT2D eigenvalue weighted by molar-refractivity contribution is 5.69. The summed E-state index contributed by atoms with van der Waals surface area (Å²) in [6.07, 6.45) is 4.66. The van der Waals surface area contributed by atoms with E-state index in [2.05, 4.69) is 4.90 Å². The summed E-state index contributed by atoms with van der Waals surface area (Å²) in [5, 5.41) is 0. The van der Waals surface area contributed by atoms with Gasteiger partial charge in [0.05, 0.1) is 6.61 Å². The first-order chi connectivity index (χ1) is 9.74. The minimum atomic E-state index is -0.117. The summed E-state index contributed by atoms with van der Waals surface area (Å²) in [6.45, 7) is 3.97. The third-order valence-corrected chi connectivity index (χ3v) is 3.65. The summed E-state index contributed by atoms with van der Waals surface area (Å²) < 4.78 is 5.26. The van der Waals surface area contributed by atoms with Gasteiger partial charge >= 0.3 is 5.97 Å². The Morgan fingerprint density at radius 1 is 1.30 bits per heavy atom. The minimum absolute atomic E-state index is 0.117. The zero-order valence-corrected chi connectivity index (χ0v) is 12.0. The van der Waals surface area contributed by atoms with E-state index in [1.54, 1.807) is 0 Å². The summed E-state index contributed by atoms with van der Waals surface area (Å²) in [6, 6.07) is 7.64. The molecule has 1 aliphatic rings. The molecule has 0 unspecified atom stereocenters. The highest BCUT2D eigenvalue weighted by atomic mass is 16.5. The Labute approximate surface area is 120 Å². The van der Waals surface area contributed by atoms with Crippen molar-refractivity contribution in [3.63, 3.8) is 0 Å². The largest absolute Gasteiger partial charge is 0.466 e. The van der Waals surface area contributed by atoms with Crippen LogP contribution in [0, 0.1) is 0 Å². The van der Waals surface area contributed by atoms with Gasteiger partial charge in [0.1, 0.15) is 0 Å². The third-order valence-electron chi connectivity index (χ3n) is 3.65. The summed E-state index contributed by atoms with van der Waals surface area (Å²) in [5.74, 6) is -0.117. The van der Waals surface area contributed by atoms with E-state index < -0.39 is 0 Å². The summed E-state index contributed by atoms with van der Waals surface area (Å²) in [5.41, 5.74) is 7.52. The molecule has 0 bridgehead atoms. The van der Waals surface area contributed by atoms with Gasteiger partial charge in [0.15, 0.2) is 0 Å². The van der Waals surface area contributed by atoms with Crippen LogP contribution in [-0.2, 0) is 16.0 Å². The lowest BCUT2D eigenvalue weighted by Crippen LogP contribution is -2.22. The molecular weight excluding hydrogens is 252 g/mol. The molecule has 0 radical (unpaired) electrons. The standard InChI is InChI=1S/C16H24N2O2/c17-15-6-3-5-14(13-15)7-8-16(19)20-12-4-11-18-9-1-2-10-18/h3,5-6,13H,1-2,4,7-12,17H2. The second-order valence-corrected chi connectivity index (χ2v) is 5.37. The molecular formula is C16H24N2O2. The van der Waals surface area contributed by atoms with Gasteiger partial charge in [-0.3, -0.25) is 4.79 Å². The van der Waals surface area contributed by atoms with Crippen molar-refractivity contribution >= 4 is 11.7 Å². The molecule has 1 fully saturated rings. The maximum atomic E-state index is 11.6. The molecule has 1 aromatic rings. The number of anilines is 1. The Bertz CT molecular complexity index is 428. The topological polar surface area (TPSA) is 55.6 Å². The maximum Gasteiger partial charge on any atom is 0.306 e. The van der Waals surface area contributed by atoms with Crippen molar-refractivity contribution in [3.05, 3.63) is 29.8 Å². The van der Waals surface area contributed by atoms with Crippen LogP contribution in [0.1, 0.15) is 31.2 Å². The van der Waals surface area contributed by atoms with Gasteiger partial charge in [0.25, 0.3) is 0 Å². The molecule has 0 aromatic heterocycles. The molecule has 0 amide bonds. The number of aryl methyl sites for hydroxylation is 1. The molecule has 4 nitrogen and oxygen atoms in total. The zero-order chi connectivity index (χ0) is 14.2. The van der Waals surface area contributed by atoms with Crippen LogP contribution in [0.5, 0.6) is 0 Å². The lowest BCUT2D eigenvalue weighted by molar-refractivity contribution is -0.143. The fourth-order valence-electron chi connectivity index (χ4n) is 2.55. The van der Waals surface area contributed by atoms with Gasteiger partial charge in [-0.25, -0.2) is 0 Å². The van der Waals surface area contributed by atoms with Crippen LogP contribution in [0.4, 0.5) is 5.69 Å². The number of likely N-dealkylation sites (tertiary alicyclic amines) is 1. The Morgan fingerprint density at radius 2 is 2.10 bits per heavy atom. The van der Waals surface area contributed by atoms with Gasteiger partial charge in [-0.15, -0.1) is 0 Å². The summed E-state index contributed by atoms with van der Waals surface area (Å²) >= 11 is 0. The number of nitrogen functional groups attached to an aromatic ring is 1. The number of carbonyl (C=O) groups is 1. The molecule has 20 heavy (non-hydrogen) atoms. The molecule has 0 saturated carbocycles. The van der Waals surface area contributed by atoms with Gasteiger partial charge in [0, 0.05) is 18.7 Å². The average Bonchev–Trinajstić information content (AvgIpc) is 2.95. The van der Waals surface area contributed by atoms with Crippen LogP contribution >= 0.6 is 0 Å². The lowest BCUT2D eigenvalue weighted by Gasteiger charge is -2.13. The quantitative estimate of drug-likeness (QED) is 0.471. The highest BCUT2D eigenvalue weighted by Crippen LogP contribution is 2.10. The molecule has 1 saturated heterocycles. The Kier molecular flexibility index (Phi) is 5.87. The van der Waals surface area contributed by atoms with Crippen molar-refractivity contribution in [2.75, 3.05) is 32.0 Å². The SMILES string of the molecule is Nc1cccc(CCC(=O)OCCCN2CCCC2)c1. The van der Waals surface area contributed by atoms with E-state index in [4.69, 9.17) is 10.5 Å². The zero-order valence-electron chi connectivity index (χ0n) is 12.0. The van der Waals surface area contributed by atoms with E-state index in [0.29, 0.717) is 19.4 Å². The fraction of sp³-hybridized carbons (Fsp3) is 0.562. The van der Waals surface area contributed by atoms with Gasteiger partial charge in [-0.1, -0.05) is 12.1 Å². The average molecular weight is 276 g/mol. The molecule has 1 aromatic carbocycles. The molecule has 2 rings (SSSR count). The van der Waals surface area contributed by atoms with E-state index in [0.717, 1.165) is 24.2 Å². The number of nitrogens with zero attached hydrogens (tertiary/aromatic N) is 1. The molecule has 2 N–H and O–H groups in total. The predicted octanol–water partition coefficient (Wildman–Crippen LogP) is 2.23. The first-order valence-electron chi connectivity index (χ1n) is 7.46. The van der Waals surface area contributed by atoms with E-state index in [9.17, 15) is 4.79 Å². The van der Waals surface area contributed by atoms with E-state index in [1.807, 2.05) is 24.3 Å². The number of hydrogen-bond donors (Lipinski definition) is 1. The Hall–Kier alpha value is -1.55. The normalized spacial score (nSPS) is 15.4. The minimum Gasteiger partial charge on any atom is -0.466 e. The summed E-state index contributed by atoms with van der Waals surface area (Å²) in [7, 11) is 0. The van der Waals surface area contributed by atoms with Crippen LogP contribution in [0.25, 0.3) is 0 Å². The molecule has 0 atom stereocenters. The van der Waals surface area contributed by atoms with Crippen LogP contribution in [0.2, 0.25) is 0 Å². The van der Waals surface area contributed by atoms with Crippen LogP contribution < -0.4 is 5.73 Å². The number of ether oxygens (including phenoxy) is 1. The van der Waals surface area contributed by atoms with Crippen molar-refractivity contribution in [2.24, 2.45) is 0 Å². The van der Waals surface area contributed by atoms with E-state index in [-0.39, 0.29) is 5.97 Å². The van der Waals surface area contributed by atoms with Crippen molar-refractivity contribution in [1.82, 2.24) is 4.90 Å². The van der Waals surface area contributed by atoms with Crippen LogP contribution in [0.15, 0.2) is 24.3 Å². The molecule has 0 spiro atoms.